The van der Waals surface area contributed by atoms with Crippen molar-refractivity contribution in [3.05, 3.63) is 15.0 Å². The van der Waals surface area contributed by atoms with Crippen molar-refractivity contribution < 1.29 is 0 Å². The Kier molecular flexibility index (Phi) is 5.11. The minimum Gasteiger partial charge on any atom is -0.230 e. The third kappa shape index (κ3) is 3.74. The molecule has 0 unspecified atom stereocenters. The zero-order chi connectivity index (χ0) is 11.2. The maximum absolute atomic E-state index is 6.01. The van der Waals surface area contributed by atoms with Gasteiger partial charge < -0.3 is 0 Å². The van der Waals surface area contributed by atoms with Gasteiger partial charge in [-0.05, 0) is 25.7 Å². The van der Waals surface area contributed by atoms with Crippen LogP contribution in [0.1, 0.15) is 61.9 Å². The van der Waals surface area contributed by atoms with Gasteiger partial charge in [0.2, 0.25) is 0 Å². The van der Waals surface area contributed by atoms with Crippen LogP contribution >= 0.6 is 22.9 Å². The molecule has 1 nitrogen and oxygen atoms in total. The summed E-state index contributed by atoms with van der Waals surface area (Å²) < 4.78 is 0.736. The Balaban J connectivity index is 1.99. The van der Waals surface area contributed by atoms with Crippen LogP contribution in [0.2, 0.25) is 4.47 Å². The summed E-state index contributed by atoms with van der Waals surface area (Å²) in [6, 6.07) is 0. The summed E-state index contributed by atoms with van der Waals surface area (Å²) in [5.41, 5.74) is 1.29. The number of fused-ring (bicyclic) bond motifs is 1. The van der Waals surface area contributed by atoms with E-state index in [2.05, 4.69) is 4.98 Å². The molecule has 0 fully saturated rings. The maximum Gasteiger partial charge on any atom is 0.184 e. The molecule has 3 heteroatoms. The minimum absolute atomic E-state index is 0.736. The highest BCUT2D eigenvalue weighted by Gasteiger charge is 2.10. The van der Waals surface area contributed by atoms with Crippen molar-refractivity contribution in [2.45, 2.75) is 64.2 Å². The van der Waals surface area contributed by atoms with Crippen molar-refractivity contribution >= 4 is 22.9 Å². The van der Waals surface area contributed by atoms with E-state index >= 15 is 0 Å². The minimum atomic E-state index is 0.736. The second-order valence-corrected chi connectivity index (χ2v) is 6.33. The quantitative estimate of drug-likeness (QED) is 0.636. The van der Waals surface area contributed by atoms with Gasteiger partial charge in [-0.1, -0.05) is 50.1 Å². The van der Waals surface area contributed by atoms with Gasteiger partial charge >= 0.3 is 0 Å². The van der Waals surface area contributed by atoms with Crippen LogP contribution in [0.25, 0.3) is 0 Å². The standard InChI is InChI=1S/C13H20ClNS/c14-13-15-11-9-7-5-3-1-2-4-6-8-10-12(11)16-13/h1-10H2. The summed E-state index contributed by atoms with van der Waals surface area (Å²) in [6.07, 6.45) is 13.3. The van der Waals surface area contributed by atoms with Crippen molar-refractivity contribution in [1.82, 2.24) is 4.98 Å². The molecule has 1 aromatic rings. The Hall–Kier alpha value is -0.0800. The molecule has 1 aromatic heterocycles. The molecule has 0 aromatic carbocycles. The summed E-state index contributed by atoms with van der Waals surface area (Å²) in [5.74, 6) is 0. The van der Waals surface area contributed by atoms with Gasteiger partial charge in [-0.3, -0.25) is 0 Å². The SMILES string of the molecule is Clc1nc2c(s1)CCCCCCCCCC2. The van der Waals surface area contributed by atoms with Crippen molar-refractivity contribution in [3.8, 4) is 0 Å². The Bertz CT molecular complexity index is 292. The Morgan fingerprint density at radius 3 is 2.06 bits per heavy atom. The van der Waals surface area contributed by atoms with Crippen molar-refractivity contribution in [3.63, 3.8) is 0 Å². The second kappa shape index (κ2) is 6.61. The molecular weight excluding hydrogens is 238 g/mol. The zero-order valence-electron chi connectivity index (χ0n) is 9.80. The van der Waals surface area contributed by atoms with Crippen molar-refractivity contribution in [2.75, 3.05) is 0 Å². The van der Waals surface area contributed by atoms with Gasteiger partial charge in [0.1, 0.15) is 0 Å². The average Bonchev–Trinajstić information content (AvgIpc) is 2.59. The lowest BCUT2D eigenvalue weighted by molar-refractivity contribution is 0.559. The molecule has 0 bridgehead atoms. The van der Waals surface area contributed by atoms with E-state index < -0.39 is 0 Å². The topological polar surface area (TPSA) is 12.9 Å². The molecule has 0 atom stereocenters. The number of aryl methyl sites for hydroxylation is 2. The molecule has 0 saturated heterocycles. The molecule has 0 saturated carbocycles. The number of aromatic nitrogens is 1. The first kappa shape index (κ1) is 12.4. The van der Waals surface area contributed by atoms with Crippen LogP contribution in [0.3, 0.4) is 0 Å². The number of nitrogens with zero attached hydrogens (tertiary/aromatic N) is 1. The lowest BCUT2D eigenvalue weighted by atomic mass is 10.0. The number of hydrogen-bond donors (Lipinski definition) is 0. The van der Waals surface area contributed by atoms with E-state index in [4.69, 9.17) is 11.6 Å². The van der Waals surface area contributed by atoms with Gasteiger partial charge in [0.25, 0.3) is 0 Å². The average molecular weight is 258 g/mol. The number of rotatable bonds is 0. The molecule has 1 heterocycles. The molecule has 0 N–H and O–H groups in total. The molecule has 0 spiro atoms. The van der Waals surface area contributed by atoms with Crippen LogP contribution in [0.5, 0.6) is 0 Å². The van der Waals surface area contributed by atoms with E-state index in [0.29, 0.717) is 0 Å². The third-order valence-electron chi connectivity index (χ3n) is 3.32. The van der Waals surface area contributed by atoms with Crippen LogP contribution in [0.4, 0.5) is 0 Å². The fourth-order valence-electron chi connectivity index (χ4n) is 2.38. The smallest absolute Gasteiger partial charge is 0.184 e. The second-order valence-electron chi connectivity index (χ2n) is 4.67. The van der Waals surface area contributed by atoms with Gasteiger partial charge in [-0.2, -0.15) is 0 Å². The molecule has 0 amide bonds. The molecule has 1 aliphatic rings. The van der Waals surface area contributed by atoms with E-state index in [1.54, 1.807) is 11.3 Å². The first-order chi connectivity index (χ1) is 7.86. The highest BCUT2D eigenvalue weighted by atomic mass is 35.5. The summed E-state index contributed by atoms with van der Waals surface area (Å²) in [5, 5.41) is 0. The number of hydrogen-bond acceptors (Lipinski definition) is 2. The predicted octanol–water partition coefficient (Wildman–Crippen LogP) is 5.02. The first-order valence-electron chi connectivity index (χ1n) is 6.50. The van der Waals surface area contributed by atoms with Crippen molar-refractivity contribution in [1.29, 1.82) is 0 Å². The normalized spacial score (nSPS) is 19.6. The Labute approximate surface area is 107 Å². The monoisotopic (exact) mass is 257 g/mol. The summed E-state index contributed by atoms with van der Waals surface area (Å²) in [6.45, 7) is 0. The number of halogens is 1. The maximum atomic E-state index is 6.01. The summed E-state index contributed by atoms with van der Waals surface area (Å²) >= 11 is 7.71. The molecule has 16 heavy (non-hydrogen) atoms. The first-order valence-corrected chi connectivity index (χ1v) is 7.70. The predicted molar refractivity (Wildman–Crippen MR) is 71.5 cm³/mol. The summed E-state index contributed by atoms with van der Waals surface area (Å²) in [4.78, 5) is 5.91. The van der Waals surface area contributed by atoms with E-state index in [-0.39, 0.29) is 0 Å². The van der Waals surface area contributed by atoms with Crippen LogP contribution < -0.4 is 0 Å². The van der Waals surface area contributed by atoms with E-state index in [1.807, 2.05) is 0 Å². The van der Waals surface area contributed by atoms with E-state index in [9.17, 15) is 0 Å². The third-order valence-corrected chi connectivity index (χ3v) is 4.58. The van der Waals surface area contributed by atoms with Crippen molar-refractivity contribution in [2.24, 2.45) is 0 Å². The van der Waals surface area contributed by atoms with Gasteiger partial charge in [0.05, 0.1) is 5.69 Å². The van der Waals surface area contributed by atoms with Crippen LogP contribution in [0, 0.1) is 0 Å². The molecule has 2 rings (SSSR count). The molecular formula is C13H20ClNS. The molecule has 0 radical (unpaired) electrons. The van der Waals surface area contributed by atoms with Crippen LogP contribution in [-0.2, 0) is 12.8 Å². The van der Waals surface area contributed by atoms with Gasteiger partial charge in [-0.15, -0.1) is 11.3 Å². The Morgan fingerprint density at radius 1 is 0.812 bits per heavy atom. The lowest BCUT2D eigenvalue weighted by Gasteiger charge is -2.06. The van der Waals surface area contributed by atoms with E-state index in [1.165, 1.54) is 68.4 Å². The summed E-state index contributed by atoms with van der Waals surface area (Å²) in [7, 11) is 0. The number of thiazole rings is 1. The van der Waals surface area contributed by atoms with E-state index in [0.717, 1.165) is 10.9 Å². The largest absolute Gasteiger partial charge is 0.230 e. The fraction of sp³-hybridized carbons (Fsp3) is 0.769. The molecule has 90 valence electrons. The fourth-order valence-corrected chi connectivity index (χ4v) is 3.63. The van der Waals surface area contributed by atoms with Gasteiger partial charge in [-0.25, -0.2) is 4.98 Å². The van der Waals surface area contributed by atoms with Gasteiger partial charge in [0, 0.05) is 4.88 Å². The van der Waals surface area contributed by atoms with Crippen LogP contribution in [0.15, 0.2) is 0 Å². The highest BCUT2D eigenvalue weighted by molar-refractivity contribution is 7.15. The molecule has 0 aliphatic heterocycles. The Morgan fingerprint density at radius 2 is 1.38 bits per heavy atom. The zero-order valence-corrected chi connectivity index (χ0v) is 11.4. The highest BCUT2D eigenvalue weighted by Crippen LogP contribution is 2.27. The molecule has 1 aliphatic carbocycles. The lowest BCUT2D eigenvalue weighted by Crippen LogP contribution is -1.94. The van der Waals surface area contributed by atoms with Gasteiger partial charge in [0.15, 0.2) is 4.47 Å². The van der Waals surface area contributed by atoms with Crippen LogP contribution in [-0.4, -0.2) is 4.98 Å².